The van der Waals surface area contributed by atoms with Gasteiger partial charge in [-0.25, -0.2) is 0 Å². The highest BCUT2D eigenvalue weighted by molar-refractivity contribution is 5.94. The van der Waals surface area contributed by atoms with Gasteiger partial charge in [0, 0.05) is 11.3 Å². The van der Waals surface area contributed by atoms with Crippen LogP contribution in [0.25, 0.3) is 0 Å². The highest BCUT2D eigenvalue weighted by Gasteiger charge is 2.21. The number of nitrogens with zero attached hydrogens (tertiary/aromatic N) is 2. The molecule has 1 aliphatic rings. The molecule has 0 bridgehead atoms. The molecule has 17 heavy (non-hydrogen) atoms. The van der Waals surface area contributed by atoms with Crippen molar-refractivity contribution in [1.82, 2.24) is 0 Å². The number of ketones is 1. The average Bonchev–Trinajstić information content (AvgIpc) is 2.29. The predicted octanol–water partition coefficient (Wildman–Crippen LogP) is 1.65. The molecule has 0 spiro atoms. The zero-order valence-corrected chi connectivity index (χ0v) is 10.3. The highest BCUT2D eigenvalue weighted by Crippen LogP contribution is 2.19. The third kappa shape index (κ3) is 2.84. The fourth-order valence-electron chi connectivity index (χ4n) is 2.05. The molecular formula is C13H18N2O2. The lowest BCUT2D eigenvalue weighted by molar-refractivity contribution is -0.861. The lowest BCUT2D eigenvalue weighted by Gasteiger charge is -2.45. The van der Waals surface area contributed by atoms with Crippen LogP contribution in [0.1, 0.15) is 17.3 Å². The Bertz CT molecular complexity index is 402. The van der Waals surface area contributed by atoms with Crippen molar-refractivity contribution in [3.8, 4) is 0 Å². The van der Waals surface area contributed by atoms with Crippen LogP contribution < -0.4 is 4.90 Å². The Morgan fingerprint density at radius 3 is 2.24 bits per heavy atom. The monoisotopic (exact) mass is 234 g/mol. The summed E-state index contributed by atoms with van der Waals surface area (Å²) >= 11 is 0. The van der Waals surface area contributed by atoms with Crippen LogP contribution in [-0.4, -0.2) is 43.7 Å². The van der Waals surface area contributed by atoms with Gasteiger partial charge >= 0.3 is 0 Å². The van der Waals surface area contributed by atoms with Gasteiger partial charge in [0.05, 0.1) is 33.2 Å². The van der Waals surface area contributed by atoms with Gasteiger partial charge in [-0.15, -0.1) is 0 Å². The molecule has 92 valence electrons. The maximum absolute atomic E-state index is 11.7. The lowest BCUT2D eigenvalue weighted by atomic mass is 10.1. The summed E-state index contributed by atoms with van der Waals surface area (Å²) in [6.07, 6.45) is 0. The van der Waals surface area contributed by atoms with E-state index in [2.05, 4.69) is 4.90 Å². The van der Waals surface area contributed by atoms with Crippen LogP contribution >= 0.6 is 0 Å². The van der Waals surface area contributed by atoms with Crippen LogP contribution in [0, 0.1) is 5.21 Å². The number of Topliss-reactive ketones (excluding diaryl/α,β-unsaturated/α-hetero) is 1. The molecule has 0 unspecified atom stereocenters. The summed E-state index contributed by atoms with van der Waals surface area (Å²) in [5, 5.41) is 11.7. The van der Waals surface area contributed by atoms with Crippen LogP contribution in [0.15, 0.2) is 24.3 Å². The molecule has 0 saturated carbocycles. The second-order valence-electron chi connectivity index (χ2n) is 4.83. The van der Waals surface area contributed by atoms with Crippen molar-refractivity contribution in [1.29, 1.82) is 0 Å². The molecule has 0 aromatic heterocycles. The number of benzene rings is 1. The largest absolute Gasteiger partial charge is 0.633 e. The minimum Gasteiger partial charge on any atom is -0.633 e. The number of hydroxylamine groups is 3. The van der Waals surface area contributed by atoms with E-state index in [9.17, 15) is 10.0 Å². The number of hydrogen-bond acceptors (Lipinski definition) is 3. The minimum atomic E-state index is -0.151. The van der Waals surface area contributed by atoms with Crippen LogP contribution in [0.3, 0.4) is 0 Å². The Morgan fingerprint density at radius 2 is 1.76 bits per heavy atom. The summed E-state index contributed by atoms with van der Waals surface area (Å²) < 4.78 is -0.151. The van der Waals surface area contributed by atoms with Gasteiger partial charge in [-0.05, 0) is 31.2 Å². The van der Waals surface area contributed by atoms with Crippen molar-refractivity contribution in [3.05, 3.63) is 35.0 Å². The van der Waals surface area contributed by atoms with E-state index >= 15 is 0 Å². The second-order valence-corrected chi connectivity index (χ2v) is 4.83. The summed E-state index contributed by atoms with van der Waals surface area (Å²) in [7, 11) is 1.72. The smallest absolute Gasteiger partial charge is 0.159 e. The Balaban J connectivity index is 2.06. The fourth-order valence-corrected chi connectivity index (χ4v) is 2.05. The molecule has 0 atom stereocenters. The predicted molar refractivity (Wildman–Crippen MR) is 67.9 cm³/mol. The molecule has 1 aliphatic heterocycles. The standard InChI is InChI=1S/C13H18N2O2/c1-11(16)12-3-5-13(6-4-12)14-7-9-15(2,17)10-8-14/h3-6H,7-10H2,1-2H3. The van der Waals surface area contributed by atoms with Crippen molar-refractivity contribution >= 4 is 11.5 Å². The number of carbonyl (C=O) groups excluding carboxylic acids is 1. The van der Waals surface area contributed by atoms with Gasteiger partial charge in [0.25, 0.3) is 0 Å². The maximum Gasteiger partial charge on any atom is 0.159 e. The van der Waals surface area contributed by atoms with Gasteiger partial charge in [-0.2, -0.15) is 0 Å². The number of quaternary nitrogens is 1. The fraction of sp³-hybridized carbons (Fsp3) is 0.462. The number of likely N-dealkylation sites (N-methyl/N-ethyl adjacent to an activating group) is 1. The molecule has 0 N–H and O–H groups in total. The number of piperazine rings is 1. The quantitative estimate of drug-likeness (QED) is 0.444. The summed E-state index contributed by atoms with van der Waals surface area (Å²) in [4.78, 5) is 13.4. The maximum atomic E-state index is 11.7. The third-order valence-corrected chi connectivity index (χ3v) is 3.32. The summed E-state index contributed by atoms with van der Waals surface area (Å²) in [6, 6.07) is 7.60. The Labute approximate surface area is 102 Å². The van der Waals surface area contributed by atoms with E-state index in [1.54, 1.807) is 14.0 Å². The molecule has 1 aromatic carbocycles. The molecule has 0 aliphatic carbocycles. The zero-order valence-electron chi connectivity index (χ0n) is 10.3. The Kier molecular flexibility index (Phi) is 3.17. The molecule has 0 radical (unpaired) electrons. The molecule has 1 heterocycles. The minimum absolute atomic E-state index is 0.0824. The summed E-state index contributed by atoms with van der Waals surface area (Å²) in [6.45, 7) is 4.36. The Hall–Kier alpha value is -1.39. The van der Waals surface area contributed by atoms with E-state index in [4.69, 9.17) is 0 Å². The normalized spacial score (nSPS) is 19.1. The summed E-state index contributed by atoms with van der Waals surface area (Å²) in [5.41, 5.74) is 1.82. The molecular weight excluding hydrogens is 216 g/mol. The van der Waals surface area contributed by atoms with Gasteiger partial charge in [-0.1, -0.05) is 0 Å². The SMILES string of the molecule is CC(=O)c1ccc(N2CC[N+](C)([O-])CC2)cc1. The first kappa shape index (κ1) is 12.1. The topological polar surface area (TPSA) is 43.4 Å². The molecule has 4 heteroatoms. The van der Waals surface area contributed by atoms with Crippen LogP contribution in [0.4, 0.5) is 5.69 Å². The molecule has 4 nitrogen and oxygen atoms in total. The van der Waals surface area contributed by atoms with Crippen molar-refractivity contribution in [2.24, 2.45) is 0 Å². The average molecular weight is 234 g/mol. The van der Waals surface area contributed by atoms with Gasteiger partial charge in [0.1, 0.15) is 0 Å². The van der Waals surface area contributed by atoms with E-state index in [1.807, 2.05) is 24.3 Å². The van der Waals surface area contributed by atoms with E-state index in [1.165, 1.54) is 0 Å². The Morgan fingerprint density at radius 1 is 1.24 bits per heavy atom. The molecule has 0 amide bonds. The van der Waals surface area contributed by atoms with Crippen molar-refractivity contribution in [2.75, 3.05) is 38.1 Å². The van der Waals surface area contributed by atoms with E-state index in [-0.39, 0.29) is 10.4 Å². The number of rotatable bonds is 2. The highest BCUT2D eigenvalue weighted by atomic mass is 16.5. The first-order valence-corrected chi connectivity index (χ1v) is 5.89. The van der Waals surface area contributed by atoms with E-state index in [0.717, 1.165) is 24.3 Å². The lowest BCUT2D eigenvalue weighted by Crippen LogP contribution is -2.53. The van der Waals surface area contributed by atoms with E-state index in [0.29, 0.717) is 13.1 Å². The molecule has 2 rings (SSSR count). The van der Waals surface area contributed by atoms with Crippen molar-refractivity contribution in [2.45, 2.75) is 6.92 Å². The molecule has 1 aromatic rings. The van der Waals surface area contributed by atoms with Gasteiger partial charge in [0.2, 0.25) is 0 Å². The third-order valence-electron chi connectivity index (χ3n) is 3.32. The van der Waals surface area contributed by atoms with Gasteiger partial charge in [-0.3, -0.25) is 4.79 Å². The second kappa shape index (κ2) is 4.47. The van der Waals surface area contributed by atoms with Crippen molar-refractivity contribution < 1.29 is 9.44 Å². The number of anilines is 1. The van der Waals surface area contributed by atoms with Crippen LogP contribution in [-0.2, 0) is 0 Å². The van der Waals surface area contributed by atoms with Gasteiger partial charge in [0.15, 0.2) is 5.78 Å². The molecule has 1 saturated heterocycles. The summed E-state index contributed by atoms with van der Waals surface area (Å²) in [5.74, 6) is 0.0824. The first-order chi connectivity index (χ1) is 7.98. The van der Waals surface area contributed by atoms with E-state index < -0.39 is 0 Å². The van der Waals surface area contributed by atoms with Crippen LogP contribution in [0.5, 0.6) is 0 Å². The van der Waals surface area contributed by atoms with Crippen molar-refractivity contribution in [3.63, 3.8) is 0 Å². The number of carbonyl (C=O) groups is 1. The molecule has 1 fully saturated rings. The number of hydrogen-bond donors (Lipinski definition) is 0. The first-order valence-electron chi connectivity index (χ1n) is 5.89. The van der Waals surface area contributed by atoms with Gasteiger partial charge < -0.3 is 14.8 Å². The zero-order chi connectivity index (χ0) is 12.5. The van der Waals surface area contributed by atoms with Crippen LogP contribution in [0.2, 0.25) is 0 Å².